The molecule has 0 spiro atoms. The van der Waals surface area contributed by atoms with Crippen molar-refractivity contribution in [1.29, 1.82) is 0 Å². The fraction of sp³-hybridized carbons (Fsp3) is 0.158. The van der Waals surface area contributed by atoms with E-state index in [2.05, 4.69) is 5.16 Å². The van der Waals surface area contributed by atoms with Crippen molar-refractivity contribution in [2.45, 2.75) is 13.5 Å². The second-order valence-corrected chi connectivity index (χ2v) is 7.22. The first kappa shape index (κ1) is 17.6. The number of nitrogens with two attached hydrogens (primary N) is 1. The van der Waals surface area contributed by atoms with Crippen molar-refractivity contribution >= 4 is 55.8 Å². The van der Waals surface area contributed by atoms with Crippen molar-refractivity contribution in [3.8, 4) is 5.75 Å². The fourth-order valence-corrected chi connectivity index (χ4v) is 4.32. The minimum Gasteiger partial charge on any atom is -0.489 e. The van der Waals surface area contributed by atoms with Crippen molar-refractivity contribution in [3.05, 3.63) is 51.9 Å². The van der Waals surface area contributed by atoms with Gasteiger partial charge < -0.3 is 19.7 Å². The standard InChI is InChI=1S/C19H15ClN2O4S/c1-2-24-19(23)17-12(16-13(20)4-3-5-15(16)27-17)9-25-10-6-7-11-14(8-10)26-22-18(11)21/h3-8H,2,9H2,1H3,(H2,21,22). The van der Waals surface area contributed by atoms with Gasteiger partial charge in [0.2, 0.25) is 0 Å². The summed E-state index contributed by atoms with van der Waals surface area (Å²) in [5.41, 5.74) is 6.96. The third kappa shape index (κ3) is 3.20. The molecule has 4 aromatic rings. The monoisotopic (exact) mass is 402 g/mol. The van der Waals surface area contributed by atoms with E-state index in [1.54, 1.807) is 31.2 Å². The van der Waals surface area contributed by atoms with Crippen LogP contribution in [0.25, 0.3) is 21.1 Å². The van der Waals surface area contributed by atoms with Gasteiger partial charge in [-0.3, -0.25) is 0 Å². The topological polar surface area (TPSA) is 87.6 Å². The average Bonchev–Trinajstić information content (AvgIpc) is 3.22. The average molecular weight is 403 g/mol. The number of carbonyl (C=O) groups is 1. The van der Waals surface area contributed by atoms with E-state index in [1.807, 2.05) is 12.1 Å². The number of fused-ring (bicyclic) bond motifs is 2. The highest BCUT2D eigenvalue weighted by molar-refractivity contribution is 7.21. The van der Waals surface area contributed by atoms with Crippen molar-refractivity contribution in [2.24, 2.45) is 0 Å². The molecule has 0 aliphatic rings. The third-order valence-corrected chi connectivity index (χ3v) is 5.57. The molecule has 6 nitrogen and oxygen atoms in total. The number of halogens is 1. The first-order valence-corrected chi connectivity index (χ1v) is 9.42. The third-order valence-electron chi connectivity index (χ3n) is 4.08. The fourth-order valence-electron chi connectivity index (χ4n) is 2.85. The lowest BCUT2D eigenvalue weighted by Gasteiger charge is -2.08. The number of hydrogen-bond donors (Lipinski definition) is 1. The van der Waals surface area contributed by atoms with Crippen molar-refractivity contribution in [3.63, 3.8) is 0 Å². The number of aromatic nitrogens is 1. The van der Waals surface area contributed by atoms with Gasteiger partial charge >= 0.3 is 5.97 Å². The van der Waals surface area contributed by atoms with Crippen LogP contribution in [-0.4, -0.2) is 17.7 Å². The lowest BCUT2D eigenvalue weighted by atomic mass is 10.1. The van der Waals surface area contributed by atoms with Crippen LogP contribution >= 0.6 is 22.9 Å². The van der Waals surface area contributed by atoms with E-state index >= 15 is 0 Å². The van der Waals surface area contributed by atoms with Crippen LogP contribution in [0.1, 0.15) is 22.2 Å². The van der Waals surface area contributed by atoms with Crippen LogP contribution in [-0.2, 0) is 11.3 Å². The molecule has 0 saturated heterocycles. The summed E-state index contributed by atoms with van der Waals surface area (Å²) in [4.78, 5) is 12.9. The zero-order valence-electron chi connectivity index (χ0n) is 14.3. The Labute approximate surface area is 163 Å². The van der Waals surface area contributed by atoms with Gasteiger partial charge in [0.05, 0.1) is 12.0 Å². The summed E-state index contributed by atoms with van der Waals surface area (Å²) in [5, 5.41) is 5.82. The van der Waals surface area contributed by atoms with E-state index in [-0.39, 0.29) is 12.6 Å². The van der Waals surface area contributed by atoms with Gasteiger partial charge in [0.1, 0.15) is 17.2 Å². The van der Waals surface area contributed by atoms with E-state index in [1.165, 1.54) is 11.3 Å². The largest absolute Gasteiger partial charge is 0.489 e. The summed E-state index contributed by atoms with van der Waals surface area (Å²) in [5.74, 6) is 0.517. The maximum absolute atomic E-state index is 12.4. The van der Waals surface area contributed by atoms with E-state index in [9.17, 15) is 4.79 Å². The second kappa shape index (κ2) is 7.09. The lowest BCUT2D eigenvalue weighted by molar-refractivity contribution is 0.0529. The van der Waals surface area contributed by atoms with Crippen molar-refractivity contribution in [2.75, 3.05) is 12.3 Å². The molecular formula is C19H15ClN2O4S. The Hall–Kier alpha value is -2.77. The highest BCUT2D eigenvalue weighted by Gasteiger charge is 2.21. The molecule has 0 aliphatic carbocycles. The first-order valence-electron chi connectivity index (χ1n) is 8.23. The Bertz CT molecular complexity index is 1150. The van der Waals surface area contributed by atoms with Crippen LogP contribution < -0.4 is 10.5 Å². The zero-order chi connectivity index (χ0) is 19.0. The maximum atomic E-state index is 12.4. The second-order valence-electron chi connectivity index (χ2n) is 5.76. The van der Waals surface area contributed by atoms with Crippen LogP contribution in [0.3, 0.4) is 0 Å². The number of nitrogen functional groups attached to an aromatic ring is 1. The molecule has 2 aromatic carbocycles. The number of benzene rings is 2. The summed E-state index contributed by atoms with van der Waals surface area (Å²) < 4.78 is 17.2. The van der Waals surface area contributed by atoms with E-state index in [0.717, 1.165) is 15.5 Å². The summed E-state index contributed by atoms with van der Waals surface area (Å²) in [7, 11) is 0. The molecule has 0 unspecified atom stereocenters. The molecule has 0 saturated carbocycles. The predicted octanol–water partition coefficient (Wildman–Crippen LogP) is 5.03. The quantitative estimate of drug-likeness (QED) is 0.471. The number of thiophene rings is 1. The summed E-state index contributed by atoms with van der Waals surface area (Å²) in [6.07, 6.45) is 0. The van der Waals surface area contributed by atoms with E-state index < -0.39 is 0 Å². The Morgan fingerprint density at radius 3 is 3.00 bits per heavy atom. The molecule has 0 fully saturated rings. The molecule has 0 atom stereocenters. The SMILES string of the molecule is CCOC(=O)c1sc2cccc(Cl)c2c1COc1ccc2c(N)noc2c1. The lowest BCUT2D eigenvalue weighted by Crippen LogP contribution is -2.07. The van der Waals surface area contributed by atoms with Gasteiger partial charge in [-0.1, -0.05) is 22.8 Å². The van der Waals surface area contributed by atoms with Crippen LogP contribution in [0, 0.1) is 0 Å². The molecule has 0 bridgehead atoms. The van der Waals surface area contributed by atoms with Gasteiger partial charge in [0.15, 0.2) is 11.4 Å². The minimum atomic E-state index is -0.383. The predicted molar refractivity (Wildman–Crippen MR) is 106 cm³/mol. The Kier molecular flexibility index (Phi) is 4.63. The van der Waals surface area contributed by atoms with Gasteiger partial charge in [-0.05, 0) is 31.2 Å². The van der Waals surface area contributed by atoms with Crippen molar-refractivity contribution in [1.82, 2.24) is 5.16 Å². The summed E-state index contributed by atoms with van der Waals surface area (Å²) in [6, 6.07) is 10.8. The molecule has 138 valence electrons. The Morgan fingerprint density at radius 2 is 2.19 bits per heavy atom. The van der Waals surface area contributed by atoms with Crippen LogP contribution in [0.15, 0.2) is 40.9 Å². The molecule has 27 heavy (non-hydrogen) atoms. The Balaban J connectivity index is 1.70. The number of ether oxygens (including phenoxy) is 2. The smallest absolute Gasteiger partial charge is 0.348 e. The summed E-state index contributed by atoms with van der Waals surface area (Å²) in [6.45, 7) is 2.23. The number of esters is 1. The highest BCUT2D eigenvalue weighted by Crippen LogP contribution is 2.37. The Morgan fingerprint density at radius 1 is 1.33 bits per heavy atom. The highest BCUT2D eigenvalue weighted by atomic mass is 35.5. The van der Waals surface area contributed by atoms with Crippen LogP contribution in [0.5, 0.6) is 5.75 Å². The molecule has 2 N–H and O–H groups in total. The molecule has 4 rings (SSSR count). The zero-order valence-corrected chi connectivity index (χ0v) is 15.9. The van der Waals surface area contributed by atoms with Crippen LogP contribution in [0.2, 0.25) is 5.02 Å². The van der Waals surface area contributed by atoms with Crippen LogP contribution in [0.4, 0.5) is 5.82 Å². The van der Waals surface area contributed by atoms with E-state index in [0.29, 0.717) is 39.2 Å². The number of rotatable bonds is 5. The molecule has 2 aromatic heterocycles. The molecular weight excluding hydrogens is 388 g/mol. The van der Waals surface area contributed by atoms with Gasteiger partial charge in [-0.15, -0.1) is 11.3 Å². The molecule has 2 heterocycles. The molecule has 0 aliphatic heterocycles. The van der Waals surface area contributed by atoms with Gasteiger partial charge in [0, 0.05) is 26.7 Å². The van der Waals surface area contributed by atoms with E-state index in [4.69, 9.17) is 31.3 Å². The van der Waals surface area contributed by atoms with Crippen molar-refractivity contribution < 1.29 is 18.8 Å². The number of nitrogens with zero attached hydrogens (tertiary/aromatic N) is 1. The number of hydrogen-bond acceptors (Lipinski definition) is 7. The number of anilines is 1. The van der Waals surface area contributed by atoms with Gasteiger partial charge in [-0.25, -0.2) is 4.79 Å². The molecule has 8 heteroatoms. The minimum absolute atomic E-state index is 0.160. The first-order chi connectivity index (χ1) is 13.1. The summed E-state index contributed by atoms with van der Waals surface area (Å²) >= 11 is 7.72. The molecule has 0 amide bonds. The van der Waals surface area contributed by atoms with Gasteiger partial charge in [-0.2, -0.15) is 0 Å². The maximum Gasteiger partial charge on any atom is 0.348 e. The van der Waals surface area contributed by atoms with Gasteiger partial charge in [0.25, 0.3) is 0 Å². The number of carbonyl (C=O) groups excluding carboxylic acids is 1. The normalized spacial score (nSPS) is 11.2. The molecule has 0 radical (unpaired) electrons.